The smallest absolute Gasteiger partial charge is 0.137 e. The van der Waals surface area contributed by atoms with Gasteiger partial charge >= 0.3 is 0 Å². The predicted octanol–water partition coefficient (Wildman–Crippen LogP) is 2.27. The Morgan fingerprint density at radius 1 is 1.54 bits per heavy atom. The molecule has 0 bridgehead atoms. The maximum atomic E-state index is 13.0. The maximum absolute atomic E-state index is 13.0. The molecule has 2 nitrogen and oxygen atoms in total. The summed E-state index contributed by atoms with van der Waals surface area (Å²) in [5, 5.41) is 3.11. The first kappa shape index (κ1) is 10.5. The molecule has 0 atom stereocenters. The molecule has 0 radical (unpaired) electrons. The summed E-state index contributed by atoms with van der Waals surface area (Å²) in [7, 11) is 0. The van der Waals surface area contributed by atoms with E-state index < -0.39 is 0 Å². The van der Waals surface area contributed by atoms with Gasteiger partial charge in [0.15, 0.2) is 0 Å². The summed E-state index contributed by atoms with van der Waals surface area (Å²) in [6, 6.07) is 3.21. The molecule has 13 heavy (non-hydrogen) atoms. The van der Waals surface area contributed by atoms with Crippen LogP contribution in [0.3, 0.4) is 0 Å². The van der Waals surface area contributed by atoms with E-state index in [2.05, 4.69) is 21.2 Å². The topological polar surface area (TPSA) is 38.0 Å². The van der Waals surface area contributed by atoms with Gasteiger partial charge in [0.05, 0.1) is 4.47 Å². The molecular weight excluding hydrogens is 235 g/mol. The Morgan fingerprint density at radius 3 is 2.85 bits per heavy atom. The molecule has 72 valence electrons. The van der Waals surface area contributed by atoms with Crippen molar-refractivity contribution in [2.75, 3.05) is 18.4 Å². The van der Waals surface area contributed by atoms with Crippen LogP contribution in [0.25, 0.3) is 0 Å². The second-order valence-corrected chi connectivity index (χ2v) is 3.65. The third-order valence-electron chi connectivity index (χ3n) is 1.73. The molecule has 0 fully saturated rings. The lowest BCUT2D eigenvalue weighted by molar-refractivity contribution is 0.620. The number of anilines is 1. The van der Waals surface area contributed by atoms with E-state index in [1.807, 2.05) is 6.92 Å². The molecule has 0 saturated carbocycles. The van der Waals surface area contributed by atoms with Gasteiger partial charge in [-0.25, -0.2) is 4.39 Å². The highest BCUT2D eigenvalue weighted by Gasteiger charge is 2.03. The van der Waals surface area contributed by atoms with Gasteiger partial charge < -0.3 is 11.1 Å². The van der Waals surface area contributed by atoms with Crippen molar-refractivity contribution in [3.63, 3.8) is 0 Å². The summed E-state index contributed by atoms with van der Waals surface area (Å²) < 4.78 is 13.5. The first-order valence-electron chi connectivity index (χ1n) is 4.04. The molecule has 1 aromatic carbocycles. The summed E-state index contributed by atoms with van der Waals surface area (Å²) in [6.45, 7) is 3.11. The lowest BCUT2D eigenvalue weighted by Gasteiger charge is -2.09. The monoisotopic (exact) mass is 246 g/mol. The molecule has 0 aliphatic heterocycles. The van der Waals surface area contributed by atoms with Crippen LogP contribution in [0, 0.1) is 12.7 Å². The molecule has 1 rings (SSSR count). The van der Waals surface area contributed by atoms with Crippen LogP contribution in [0.15, 0.2) is 16.6 Å². The SMILES string of the molecule is Cc1cc(F)c(Br)cc1NCCN. The Kier molecular flexibility index (Phi) is 3.69. The van der Waals surface area contributed by atoms with E-state index in [1.165, 1.54) is 6.07 Å². The fourth-order valence-corrected chi connectivity index (χ4v) is 1.39. The van der Waals surface area contributed by atoms with Crippen LogP contribution < -0.4 is 11.1 Å². The fourth-order valence-electron chi connectivity index (χ4n) is 1.04. The summed E-state index contributed by atoms with van der Waals surface area (Å²) in [5.74, 6) is -0.240. The van der Waals surface area contributed by atoms with E-state index >= 15 is 0 Å². The lowest BCUT2D eigenvalue weighted by Crippen LogP contribution is -2.13. The molecule has 4 heteroatoms. The van der Waals surface area contributed by atoms with Gasteiger partial charge in [-0.3, -0.25) is 0 Å². The highest BCUT2D eigenvalue weighted by atomic mass is 79.9. The summed E-state index contributed by atoms with van der Waals surface area (Å²) >= 11 is 3.13. The number of benzene rings is 1. The normalized spacial score (nSPS) is 10.2. The molecule has 0 amide bonds. The van der Waals surface area contributed by atoms with Crippen molar-refractivity contribution in [1.29, 1.82) is 0 Å². The van der Waals surface area contributed by atoms with Gasteiger partial charge in [-0.05, 0) is 40.5 Å². The zero-order chi connectivity index (χ0) is 9.84. The van der Waals surface area contributed by atoms with E-state index in [0.717, 1.165) is 11.3 Å². The van der Waals surface area contributed by atoms with Crippen LogP contribution in [0.1, 0.15) is 5.56 Å². The Balaban J connectivity index is 2.88. The number of halogens is 2. The number of hydrogen-bond acceptors (Lipinski definition) is 2. The van der Waals surface area contributed by atoms with Crippen molar-refractivity contribution >= 4 is 21.6 Å². The zero-order valence-electron chi connectivity index (χ0n) is 7.40. The number of rotatable bonds is 3. The van der Waals surface area contributed by atoms with E-state index in [4.69, 9.17) is 5.73 Å². The molecule has 0 heterocycles. The molecule has 0 unspecified atom stereocenters. The van der Waals surface area contributed by atoms with Gasteiger partial charge in [-0.2, -0.15) is 0 Å². The second-order valence-electron chi connectivity index (χ2n) is 2.80. The van der Waals surface area contributed by atoms with Gasteiger partial charge in [0.2, 0.25) is 0 Å². The Morgan fingerprint density at radius 2 is 2.23 bits per heavy atom. The highest BCUT2D eigenvalue weighted by Crippen LogP contribution is 2.23. The number of nitrogens with two attached hydrogens (primary N) is 1. The molecule has 0 spiro atoms. The van der Waals surface area contributed by atoms with Crippen molar-refractivity contribution in [2.45, 2.75) is 6.92 Å². The average molecular weight is 247 g/mol. The minimum Gasteiger partial charge on any atom is -0.384 e. The lowest BCUT2D eigenvalue weighted by atomic mass is 10.2. The summed E-state index contributed by atoms with van der Waals surface area (Å²) in [4.78, 5) is 0. The average Bonchev–Trinajstić information content (AvgIpc) is 2.09. The van der Waals surface area contributed by atoms with E-state index in [1.54, 1.807) is 6.07 Å². The second kappa shape index (κ2) is 4.58. The standard InChI is InChI=1S/C9H12BrFN2/c1-6-4-8(11)7(10)5-9(6)13-3-2-12/h4-5,13H,2-3,12H2,1H3. The molecule has 3 N–H and O–H groups in total. The van der Waals surface area contributed by atoms with Crippen LogP contribution in [0.5, 0.6) is 0 Å². The third-order valence-corrected chi connectivity index (χ3v) is 2.33. The molecule has 0 aliphatic carbocycles. The first-order valence-corrected chi connectivity index (χ1v) is 4.84. The van der Waals surface area contributed by atoms with Crippen LogP contribution >= 0.6 is 15.9 Å². The molecule has 0 aliphatic rings. The van der Waals surface area contributed by atoms with E-state index in [9.17, 15) is 4.39 Å². The number of nitrogens with one attached hydrogen (secondary N) is 1. The van der Waals surface area contributed by atoms with Gasteiger partial charge in [0, 0.05) is 18.8 Å². The number of aryl methyl sites for hydroxylation is 1. The largest absolute Gasteiger partial charge is 0.384 e. The quantitative estimate of drug-likeness (QED) is 0.859. The summed E-state index contributed by atoms with van der Waals surface area (Å²) in [5.41, 5.74) is 7.15. The maximum Gasteiger partial charge on any atom is 0.137 e. The van der Waals surface area contributed by atoms with E-state index in [0.29, 0.717) is 17.6 Å². The third kappa shape index (κ3) is 2.67. The zero-order valence-corrected chi connectivity index (χ0v) is 8.99. The van der Waals surface area contributed by atoms with Crippen LogP contribution in [0.4, 0.5) is 10.1 Å². The molecule has 1 aromatic rings. The van der Waals surface area contributed by atoms with Gasteiger partial charge in [-0.15, -0.1) is 0 Å². The minimum absolute atomic E-state index is 0.240. The first-order chi connectivity index (χ1) is 6.15. The molecule has 0 aromatic heterocycles. The highest BCUT2D eigenvalue weighted by molar-refractivity contribution is 9.10. The van der Waals surface area contributed by atoms with Crippen molar-refractivity contribution in [2.24, 2.45) is 5.73 Å². The van der Waals surface area contributed by atoms with Crippen molar-refractivity contribution in [3.8, 4) is 0 Å². The van der Waals surface area contributed by atoms with Crippen LogP contribution in [-0.4, -0.2) is 13.1 Å². The predicted molar refractivity (Wildman–Crippen MR) is 56.4 cm³/mol. The fraction of sp³-hybridized carbons (Fsp3) is 0.333. The Labute approximate surface area is 85.4 Å². The number of hydrogen-bond donors (Lipinski definition) is 2. The van der Waals surface area contributed by atoms with Crippen molar-refractivity contribution < 1.29 is 4.39 Å². The van der Waals surface area contributed by atoms with Crippen molar-refractivity contribution in [3.05, 3.63) is 28.0 Å². The van der Waals surface area contributed by atoms with Gasteiger partial charge in [-0.1, -0.05) is 0 Å². The van der Waals surface area contributed by atoms with Crippen molar-refractivity contribution in [1.82, 2.24) is 0 Å². The van der Waals surface area contributed by atoms with Crippen LogP contribution in [0.2, 0.25) is 0 Å². The minimum atomic E-state index is -0.240. The van der Waals surface area contributed by atoms with Gasteiger partial charge in [0.25, 0.3) is 0 Å². The van der Waals surface area contributed by atoms with E-state index in [-0.39, 0.29) is 5.82 Å². The summed E-state index contributed by atoms with van der Waals surface area (Å²) in [6.07, 6.45) is 0. The Hall–Kier alpha value is -0.610. The molecule has 0 saturated heterocycles. The molecular formula is C9H12BrFN2. The van der Waals surface area contributed by atoms with Gasteiger partial charge in [0.1, 0.15) is 5.82 Å². The Bertz CT molecular complexity index is 302. The van der Waals surface area contributed by atoms with Crippen LogP contribution in [-0.2, 0) is 0 Å².